The Morgan fingerprint density at radius 3 is 2.38 bits per heavy atom. The highest BCUT2D eigenvalue weighted by atomic mass is 16.5. The topological polar surface area (TPSA) is 68.8 Å². The minimum absolute atomic E-state index is 0.150. The summed E-state index contributed by atoms with van der Waals surface area (Å²) in [5, 5.41) is 6.27. The van der Waals surface area contributed by atoms with Crippen LogP contribution >= 0.6 is 0 Å². The lowest BCUT2D eigenvalue weighted by molar-refractivity contribution is 0.0949. The molecule has 1 aromatic carbocycles. The molecular formula is C15H22N2O4. The summed E-state index contributed by atoms with van der Waals surface area (Å²) in [6.07, 6.45) is 2.25. The smallest absolute Gasteiger partial charge is 0.251 e. The molecule has 2 N–H and O–H groups in total. The van der Waals surface area contributed by atoms with Gasteiger partial charge in [0, 0.05) is 18.2 Å². The van der Waals surface area contributed by atoms with E-state index in [0.717, 1.165) is 19.4 Å². The van der Waals surface area contributed by atoms with Gasteiger partial charge in [-0.2, -0.15) is 0 Å². The number of rotatable bonds is 6. The van der Waals surface area contributed by atoms with Crippen LogP contribution in [0.3, 0.4) is 0 Å². The molecule has 1 amide bonds. The van der Waals surface area contributed by atoms with Crippen molar-refractivity contribution in [1.82, 2.24) is 10.6 Å². The van der Waals surface area contributed by atoms with Crippen LogP contribution in [0.1, 0.15) is 23.2 Å². The predicted octanol–water partition coefficient (Wildman–Crippen LogP) is 1.19. The summed E-state index contributed by atoms with van der Waals surface area (Å²) in [5.41, 5.74) is 0.488. The quantitative estimate of drug-likeness (QED) is 0.825. The molecule has 2 rings (SSSR count). The van der Waals surface area contributed by atoms with Gasteiger partial charge in [-0.25, -0.2) is 0 Å². The van der Waals surface area contributed by atoms with Crippen LogP contribution < -0.4 is 24.8 Å². The van der Waals surface area contributed by atoms with Gasteiger partial charge in [0.1, 0.15) is 0 Å². The van der Waals surface area contributed by atoms with Crippen LogP contribution in [0.15, 0.2) is 12.1 Å². The Labute approximate surface area is 124 Å². The van der Waals surface area contributed by atoms with Crippen molar-refractivity contribution < 1.29 is 19.0 Å². The summed E-state index contributed by atoms with van der Waals surface area (Å²) in [4.78, 5) is 12.2. The van der Waals surface area contributed by atoms with Crippen LogP contribution in [0, 0.1) is 0 Å². The van der Waals surface area contributed by atoms with Gasteiger partial charge in [0.25, 0.3) is 5.91 Å². The van der Waals surface area contributed by atoms with E-state index in [9.17, 15) is 4.79 Å². The number of amides is 1. The third kappa shape index (κ3) is 3.58. The molecule has 0 aliphatic carbocycles. The van der Waals surface area contributed by atoms with Gasteiger partial charge in [0.2, 0.25) is 5.75 Å². The highest BCUT2D eigenvalue weighted by Gasteiger charge is 2.19. The van der Waals surface area contributed by atoms with E-state index >= 15 is 0 Å². The number of carbonyl (C=O) groups is 1. The third-order valence-corrected chi connectivity index (χ3v) is 3.60. The fourth-order valence-electron chi connectivity index (χ4n) is 2.46. The molecule has 0 bridgehead atoms. The number of carbonyl (C=O) groups excluding carboxylic acids is 1. The van der Waals surface area contributed by atoms with E-state index in [0.29, 0.717) is 35.4 Å². The highest BCUT2D eigenvalue weighted by Crippen LogP contribution is 2.38. The van der Waals surface area contributed by atoms with Crippen molar-refractivity contribution in [2.75, 3.05) is 34.4 Å². The van der Waals surface area contributed by atoms with E-state index in [1.54, 1.807) is 12.1 Å². The lowest BCUT2D eigenvalue weighted by Crippen LogP contribution is -2.37. The number of hydrogen-bond acceptors (Lipinski definition) is 5. The molecular weight excluding hydrogens is 272 g/mol. The highest BCUT2D eigenvalue weighted by molar-refractivity contribution is 5.95. The zero-order chi connectivity index (χ0) is 15.2. The molecule has 1 fully saturated rings. The maximum Gasteiger partial charge on any atom is 0.251 e. The van der Waals surface area contributed by atoms with Gasteiger partial charge < -0.3 is 24.8 Å². The second-order valence-corrected chi connectivity index (χ2v) is 4.92. The fraction of sp³-hybridized carbons (Fsp3) is 0.533. The van der Waals surface area contributed by atoms with E-state index in [2.05, 4.69) is 10.6 Å². The van der Waals surface area contributed by atoms with Crippen LogP contribution in [-0.4, -0.2) is 46.4 Å². The molecule has 21 heavy (non-hydrogen) atoms. The Hall–Kier alpha value is -1.95. The Morgan fingerprint density at radius 2 is 1.90 bits per heavy atom. The first-order valence-corrected chi connectivity index (χ1v) is 7.01. The SMILES string of the molecule is COc1cc(C(=O)NCC2CCCN2)cc(OC)c1OC. The fourth-order valence-corrected chi connectivity index (χ4v) is 2.46. The summed E-state index contributed by atoms with van der Waals surface area (Å²) in [5.74, 6) is 1.28. The minimum atomic E-state index is -0.150. The summed E-state index contributed by atoms with van der Waals surface area (Å²) in [6, 6.07) is 3.66. The van der Waals surface area contributed by atoms with Crippen molar-refractivity contribution in [2.24, 2.45) is 0 Å². The van der Waals surface area contributed by atoms with Crippen molar-refractivity contribution in [1.29, 1.82) is 0 Å². The second kappa shape index (κ2) is 7.17. The van der Waals surface area contributed by atoms with Gasteiger partial charge in [-0.3, -0.25) is 4.79 Å². The maximum atomic E-state index is 12.2. The summed E-state index contributed by atoms with van der Waals surface area (Å²) in [7, 11) is 4.59. The first-order chi connectivity index (χ1) is 10.2. The summed E-state index contributed by atoms with van der Waals surface area (Å²) in [6.45, 7) is 1.64. The van der Waals surface area contributed by atoms with Crippen molar-refractivity contribution in [3.05, 3.63) is 17.7 Å². The molecule has 1 unspecified atom stereocenters. The number of ether oxygens (including phenoxy) is 3. The summed E-state index contributed by atoms with van der Waals surface area (Å²) >= 11 is 0. The molecule has 1 atom stereocenters. The van der Waals surface area contributed by atoms with Gasteiger partial charge in [0.05, 0.1) is 21.3 Å². The Kier molecular flexibility index (Phi) is 5.27. The molecule has 0 radical (unpaired) electrons. The standard InChI is InChI=1S/C15H22N2O4/c1-19-12-7-10(8-13(20-2)14(12)21-3)15(18)17-9-11-5-4-6-16-11/h7-8,11,16H,4-6,9H2,1-3H3,(H,17,18). The molecule has 1 heterocycles. The predicted molar refractivity (Wildman–Crippen MR) is 79.5 cm³/mol. The van der Waals surface area contributed by atoms with E-state index in [1.807, 2.05) is 0 Å². The molecule has 0 saturated carbocycles. The van der Waals surface area contributed by atoms with Gasteiger partial charge >= 0.3 is 0 Å². The largest absolute Gasteiger partial charge is 0.493 e. The number of hydrogen-bond donors (Lipinski definition) is 2. The van der Waals surface area contributed by atoms with Crippen LogP contribution in [0.4, 0.5) is 0 Å². The molecule has 6 nitrogen and oxygen atoms in total. The van der Waals surface area contributed by atoms with E-state index in [1.165, 1.54) is 21.3 Å². The Bertz CT molecular complexity index is 473. The van der Waals surface area contributed by atoms with Crippen LogP contribution in [0.5, 0.6) is 17.2 Å². The van der Waals surface area contributed by atoms with Gasteiger partial charge in [-0.05, 0) is 31.5 Å². The first kappa shape index (κ1) is 15.4. The minimum Gasteiger partial charge on any atom is -0.493 e. The monoisotopic (exact) mass is 294 g/mol. The van der Waals surface area contributed by atoms with Gasteiger partial charge in [0.15, 0.2) is 11.5 Å². The van der Waals surface area contributed by atoms with Crippen molar-refractivity contribution in [3.63, 3.8) is 0 Å². The Morgan fingerprint density at radius 1 is 1.24 bits per heavy atom. The molecule has 0 spiro atoms. The Balaban J connectivity index is 2.12. The van der Waals surface area contributed by atoms with Gasteiger partial charge in [-0.15, -0.1) is 0 Å². The number of benzene rings is 1. The molecule has 1 aliphatic rings. The average molecular weight is 294 g/mol. The molecule has 6 heteroatoms. The zero-order valence-electron chi connectivity index (χ0n) is 12.7. The second-order valence-electron chi connectivity index (χ2n) is 4.92. The lowest BCUT2D eigenvalue weighted by Gasteiger charge is -2.15. The zero-order valence-corrected chi connectivity index (χ0v) is 12.7. The molecule has 116 valence electrons. The molecule has 0 aromatic heterocycles. The van der Waals surface area contributed by atoms with Crippen LogP contribution in [0.25, 0.3) is 0 Å². The maximum absolute atomic E-state index is 12.2. The van der Waals surface area contributed by atoms with Crippen LogP contribution in [0.2, 0.25) is 0 Å². The molecule has 1 aromatic rings. The normalized spacial score (nSPS) is 17.4. The van der Waals surface area contributed by atoms with Crippen molar-refractivity contribution in [2.45, 2.75) is 18.9 Å². The van der Waals surface area contributed by atoms with Crippen molar-refractivity contribution >= 4 is 5.91 Å². The van der Waals surface area contributed by atoms with E-state index in [-0.39, 0.29) is 5.91 Å². The van der Waals surface area contributed by atoms with E-state index in [4.69, 9.17) is 14.2 Å². The third-order valence-electron chi connectivity index (χ3n) is 3.60. The first-order valence-electron chi connectivity index (χ1n) is 7.01. The van der Waals surface area contributed by atoms with Crippen LogP contribution in [-0.2, 0) is 0 Å². The number of methoxy groups -OCH3 is 3. The van der Waals surface area contributed by atoms with Gasteiger partial charge in [-0.1, -0.05) is 0 Å². The van der Waals surface area contributed by atoms with E-state index < -0.39 is 0 Å². The summed E-state index contributed by atoms with van der Waals surface area (Å²) < 4.78 is 15.7. The van der Waals surface area contributed by atoms with Crippen molar-refractivity contribution in [3.8, 4) is 17.2 Å². The molecule has 1 saturated heterocycles. The number of nitrogens with one attached hydrogen (secondary N) is 2. The average Bonchev–Trinajstić information content (AvgIpc) is 3.04. The molecule has 1 aliphatic heterocycles. The lowest BCUT2D eigenvalue weighted by atomic mass is 10.1.